The third-order valence-corrected chi connectivity index (χ3v) is 27.8. The van der Waals surface area contributed by atoms with E-state index in [9.17, 15) is 0 Å². The van der Waals surface area contributed by atoms with Gasteiger partial charge in [0, 0.05) is 32.9 Å². The summed E-state index contributed by atoms with van der Waals surface area (Å²) in [5.74, 6) is 0. The summed E-state index contributed by atoms with van der Waals surface area (Å²) < 4.78 is 4.74. The van der Waals surface area contributed by atoms with Gasteiger partial charge in [-0.05, 0) is 300 Å². The van der Waals surface area contributed by atoms with Crippen LogP contribution in [0, 0.1) is 27.7 Å². The SMILES string of the molecule is Cc1cccc(-c2ccc3c(-c4ccc(-c5ccc(-c6ccc7c(c6)c6ccccc6n7-c6ccccc6)cc5)cc4)c4cc(-c5cccc(C)c5)ccc4c(-c4ccc(-c5ccccc5)cc4)c3c2)c1.Cc1cccc(-c2ccc3c(-c4ccc(-c5ccc(-c6ccc7c(c6)c6ccccc6n7-c6ccccc6)cc5)cc4)c4cc(-c5cccc(C)c5)ccc4c(-c4ccccc4)c3c2)c1. The van der Waals surface area contributed by atoms with Crippen LogP contribution in [0.15, 0.2) is 497 Å². The molecule has 0 bridgehead atoms. The molecule has 0 atom stereocenters. The first-order valence-corrected chi connectivity index (χ1v) is 47.2. The molecule has 640 valence electrons. The highest BCUT2D eigenvalue weighted by Gasteiger charge is 2.24. The zero-order valence-electron chi connectivity index (χ0n) is 76.2. The molecule has 0 spiro atoms. The van der Waals surface area contributed by atoms with Crippen molar-refractivity contribution in [3.63, 3.8) is 0 Å². The molecular formula is C134H94N2. The van der Waals surface area contributed by atoms with Crippen LogP contribution in [0.3, 0.4) is 0 Å². The van der Waals surface area contributed by atoms with E-state index < -0.39 is 0 Å². The molecule has 0 aliphatic carbocycles. The molecule has 0 radical (unpaired) electrons. The first-order chi connectivity index (χ1) is 67.0. The standard InChI is InChI=1S/C70H49N.C64H45N/c1-46-13-11-17-55(41-46)58-36-39-63-65(44-58)69(53-31-27-49(28-32-53)48-15-5-3-6-16-48)62-38-35-59(56-18-12-14-47(2)42-56)45-66(62)70(63)54-33-29-51(30-34-54)50-23-25-52(26-24-50)57-37-40-68-64(43-57)61-21-9-10-22-67(61)71(68)60-19-7-4-8-20-60;1-42-13-11-17-49(37-42)52-32-35-57-59(40-52)63(47-15-5-3-6-16-47)56-34-31-53(50-18-12-14-43(2)38-50)41-60(56)64(57)48-29-27-45(28-30-48)44-23-25-46(26-24-44)51-33-36-62-58(39-51)55-21-9-10-22-61(55)65(62)54-19-7-4-8-20-54/h3-45H,1-2H3;3-41H,1-2H3. The number of rotatable bonds is 15. The molecule has 0 N–H and O–H groups in total. The van der Waals surface area contributed by atoms with Crippen molar-refractivity contribution in [3.05, 3.63) is 520 Å². The summed E-state index contributed by atoms with van der Waals surface area (Å²) in [6, 6.07) is 184. The van der Waals surface area contributed by atoms with E-state index in [0.717, 1.165) is 0 Å². The molecule has 0 aliphatic rings. The van der Waals surface area contributed by atoms with Crippen molar-refractivity contribution >= 4 is 86.7 Å². The van der Waals surface area contributed by atoms with Crippen LogP contribution in [0.1, 0.15) is 22.3 Å². The highest BCUT2D eigenvalue weighted by molar-refractivity contribution is 6.25. The topological polar surface area (TPSA) is 9.86 Å². The van der Waals surface area contributed by atoms with Gasteiger partial charge in [0.2, 0.25) is 0 Å². The second kappa shape index (κ2) is 34.8. The number of aromatic nitrogens is 2. The number of benzene rings is 23. The third kappa shape index (κ3) is 15.2. The molecule has 136 heavy (non-hydrogen) atoms. The smallest absolute Gasteiger partial charge is 0.0541 e. The van der Waals surface area contributed by atoms with Crippen LogP contribution in [0.4, 0.5) is 0 Å². The Labute approximate surface area is 793 Å². The van der Waals surface area contributed by atoms with Gasteiger partial charge in [0.15, 0.2) is 0 Å². The molecule has 0 unspecified atom stereocenters. The van der Waals surface area contributed by atoms with Crippen LogP contribution in [-0.2, 0) is 0 Å². The van der Waals surface area contributed by atoms with Gasteiger partial charge in [-0.25, -0.2) is 0 Å². The van der Waals surface area contributed by atoms with E-state index in [1.807, 2.05) is 0 Å². The van der Waals surface area contributed by atoms with E-state index in [1.165, 1.54) is 265 Å². The number of para-hydroxylation sites is 4. The van der Waals surface area contributed by atoms with E-state index in [1.54, 1.807) is 0 Å². The Morgan fingerprint density at radius 2 is 0.294 bits per heavy atom. The lowest BCUT2D eigenvalue weighted by Gasteiger charge is -2.20. The van der Waals surface area contributed by atoms with Crippen LogP contribution in [-0.4, -0.2) is 9.13 Å². The molecule has 0 fully saturated rings. The Morgan fingerprint density at radius 1 is 0.110 bits per heavy atom. The minimum absolute atomic E-state index is 1.17. The highest BCUT2D eigenvalue weighted by atomic mass is 15.0. The molecule has 25 rings (SSSR count). The summed E-state index contributed by atoms with van der Waals surface area (Å²) in [4.78, 5) is 0. The maximum absolute atomic E-state index is 2.43. The quantitative estimate of drug-likeness (QED) is 0.0906. The predicted molar refractivity (Wildman–Crippen MR) is 581 cm³/mol. The van der Waals surface area contributed by atoms with Crippen molar-refractivity contribution in [1.29, 1.82) is 0 Å². The molecule has 2 heterocycles. The van der Waals surface area contributed by atoms with Gasteiger partial charge in [-0.15, -0.1) is 0 Å². The molecule has 0 amide bonds. The second-order valence-corrected chi connectivity index (χ2v) is 36.5. The average molecular weight is 1730 g/mol. The van der Waals surface area contributed by atoms with Gasteiger partial charge >= 0.3 is 0 Å². The first kappa shape index (κ1) is 81.9. The first-order valence-electron chi connectivity index (χ1n) is 47.2. The Kier molecular flexibility index (Phi) is 20.9. The van der Waals surface area contributed by atoms with Gasteiger partial charge in [-0.1, -0.05) is 435 Å². The van der Waals surface area contributed by atoms with Gasteiger partial charge in [-0.3, -0.25) is 0 Å². The van der Waals surface area contributed by atoms with E-state index in [0.29, 0.717) is 0 Å². The molecule has 23 aromatic carbocycles. The van der Waals surface area contributed by atoms with Crippen LogP contribution in [0.25, 0.3) is 243 Å². The summed E-state index contributed by atoms with van der Waals surface area (Å²) in [7, 11) is 0. The Balaban J connectivity index is 0.000000149. The van der Waals surface area contributed by atoms with Crippen molar-refractivity contribution in [1.82, 2.24) is 9.13 Å². The number of fused-ring (bicyclic) bond motifs is 10. The van der Waals surface area contributed by atoms with Gasteiger partial charge in [0.1, 0.15) is 0 Å². The van der Waals surface area contributed by atoms with E-state index >= 15 is 0 Å². The van der Waals surface area contributed by atoms with Gasteiger partial charge in [-0.2, -0.15) is 0 Å². The van der Waals surface area contributed by atoms with Crippen LogP contribution < -0.4 is 0 Å². The lowest BCUT2D eigenvalue weighted by atomic mass is 9.83. The van der Waals surface area contributed by atoms with Crippen molar-refractivity contribution < 1.29 is 0 Å². The molecule has 25 aromatic rings. The van der Waals surface area contributed by atoms with Gasteiger partial charge < -0.3 is 9.13 Å². The van der Waals surface area contributed by atoms with Crippen LogP contribution in [0.2, 0.25) is 0 Å². The number of hydrogen-bond donors (Lipinski definition) is 0. The summed E-state index contributed by atoms with van der Waals surface area (Å²) >= 11 is 0. The van der Waals surface area contributed by atoms with Crippen LogP contribution >= 0.6 is 0 Å². The molecule has 2 nitrogen and oxygen atoms in total. The Bertz CT molecular complexity index is 8910. The predicted octanol–water partition coefficient (Wildman–Crippen LogP) is 37.1. The fourth-order valence-corrected chi connectivity index (χ4v) is 21.2. The van der Waals surface area contributed by atoms with Gasteiger partial charge in [0.25, 0.3) is 0 Å². The fraction of sp³-hybridized carbons (Fsp3) is 0.0299. The largest absolute Gasteiger partial charge is 0.309 e. The molecule has 0 aliphatic heterocycles. The lowest BCUT2D eigenvalue weighted by molar-refractivity contribution is 1.18. The minimum atomic E-state index is 1.17. The summed E-state index contributed by atoms with van der Waals surface area (Å²) in [5, 5.41) is 15.0. The van der Waals surface area contributed by atoms with E-state index in [2.05, 4.69) is 534 Å². The van der Waals surface area contributed by atoms with Crippen molar-refractivity contribution in [3.8, 4) is 156 Å². The van der Waals surface area contributed by atoms with Crippen molar-refractivity contribution in [2.75, 3.05) is 0 Å². The van der Waals surface area contributed by atoms with Gasteiger partial charge in [0.05, 0.1) is 22.1 Å². The summed E-state index contributed by atoms with van der Waals surface area (Å²) in [6.45, 7) is 8.69. The maximum atomic E-state index is 2.43. The highest BCUT2D eigenvalue weighted by Crippen LogP contribution is 2.51. The normalized spacial score (nSPS) is 11.5. The summed E-state index contributed by atoms with van der Waals surface area (Å²) in [6.07, 6.45) is 0. The fourth-order valence-electron chi connectivity index (χ4n) is 21.2. The molecule has 0 saturated carbocycles. The average Bonchev–Trinajstić information content (AvgIpc) is 1.15. The number of nitrogens with zero attached hydrogens (tertiary/aromatic N) is 2. The Hall–Kier alpha value is -17.3. The lowest BCUT2D eigenvalue weighted by Crippen LogP contribution is -1.93. The van der Waals surface area contributed by atoms with E-state index in [-0.39, 0.29) is 0 Å². The van der Waals surface area contributed by atoms with Crippen molar-refractivity contribution in [2.24, 2.45) is 0 Å². The molecule has 2 heteroatoms. The Morgan fingerprint density at radius 3 is 0.581 bits per heavy atom. The monoisotopic (exact) mass is 1730 g/mol. The second-order valence-electron chi connectivity index (χ2n) is 36.5. The van der Waals surface area contributed by atoms with Crippen LogP contribution in [0.5, 0.6) is 0 Å². The molecular weight excluding hydrogens is 1640 g/mol. The third-order valence-electron chi connectivity index (χ3n) is 27.8. The van der Waals surface area contributed by atoms with E-state index in [4.69, 9.17) is 0 Å². The zero-order valence-corrected chi connectivity index (χ0v) is 76.2. The minimum Gasteiger partial charge on any atom is -0.309 e. The van der Waals surface area contributed by atoms with Crippen molar-refractivity contribution in [2.45, 2.75) is 27.7 Å². The number of aryl methyl sites for hydroxylation is 4. The number of hydrogen-bond acceptors (Lipinski definition) is 0. The zero-order chi connectivity index (χ0) is 90.9. The summed E-state index contributed by atoms with van der Waals surface area (Å²) in [5.41, 5.74) is 43.8. The molecule has 0 saturated heterocycles. The maximum Gasteiger partial charge on any atom is 0.0541 e. The molecule has 2 aromatic heterocycles.